The fourth-order valence-electron chi connectivity index (χ4n) is 3.81. The zero-order valence-corrected chi connectivity index (χ0v) is 20.0. The zero-order chi connectivity index (χ0) is 23.4. The molecule has 0 aromatic carbocycles. The second kappa shape index (κ2) is 14.2. The summed E-state index contributed by atoms with van der Waals surface area (Å²) in [6, 6.07) is -0.746. The molecule has 8 nitrogen and oxygen atoms in total. The summed E-state index contributed by atoms with van der Waals surface area (Å²) in [4.78, 5) is 50.7. The van der Waals surface area contributed by atoms with Gasteiger partial charge in [-0.05, 0) is 38.0 Å². The number of amides is 3. The molecule has 2 atom stereocenters. The highest BCUT2D eigenvalue weighted by molar-refractivity contribution is 5.91. The lowest BCUT2D eigenvalue weighted by Crippen LogP contribution is -2.51. The standard InChI is InChI=1S/C23H42N4O4/c1-6-20(28)18(10-7-8-12-27-13-9-11-22(27)30)26-21(29)15-24-23(31)19(14-16(2)3)25-17(4)5/h16-19,25H,6-15H2,1-5H3,(H,24,31)(H,26,29)/t18-,19-/m0/s1. The predicted octanol–water partition coefficient (Wildman–Crippen LogP) is 1.77. The van der Waals surface area contributed by atoms with E-state index in [1.165, 1.54) is 0 Å². The van der Waals surface area contributed by atoms with Crippen LogP contribution in [0.15, 0.2) is 0 Å². The molecule has 0 unspecified atom stereocenters. The molecule has 1 aliphatic rings. The first-order valence-electron chi connectivity index (χ1n) is 11.8. The molecule has 8 heteroatoms. The number of carbonyl (C=O) groups excluding carboxylic acids is 4. The first kappa shape index (κ1) is 27.1. The monoisotopic (exact) mass is 438 g/mol. The highest BCUT2D eigenvalue weighted by Crippen LogP contribution is 2.12. The average molecular weight is 439 g/mol. The van der Waals surface area contributed by atoms with Gasteiger partial charge in [-0.3, -0.25) is 19.2 Å². The molecule has 1 fully saturated rings. The normalized spacial score (nSPS) is 16.0. The van der Waals surface area contributed by atoms with E-state index in [1.807, 2.05) is 18.7 Å². The Bertz CT molecular complexity index is 596. The Balaban J connectivity index is 2.46. The number of carbonyl (C=O) groups is 4. The second-order valence-corrected chi connectivity index (χ2v) is 9.14. The van der Waals surface area contributed by atoms with Crippen LogP contribution in [0.3, 0.4) is 0 Å². The Kier molecular flexibility index (Phi) is 12.4. The lowest BCUT2D eigenvalue weighted by Gasteiger charge is -2.23. The van der Waals surface area contributed by atoms with Crippen molar-refractivity contribution < 1.29 is 19.2 Å². The van der Waals surface area contributed by atoms with Crippen LogP contribution in [0, 0.1) is 5.92 Å². The number of ketones is 1. The summed E-state index contributed by atoms with van der Waals surface area (Å²) in [5, 5.41) is 8.71. The van der Waals surface area contributed by atoms with Crippen molar-refractivity contribution in [2.45, 2.75) is 97.7 Å². The first-order valence-corrected chi connectivity index (χ1v) is 11.8. The third-order valence-electron chi connectivity index (χ3n) is 5.40. The number of hydrogen-bond acceptors (Lipinski definition) is 5. The molecule has 31 heavy (non-hydrogen) atoms. The van der Waals surface area contributed by atoms with E-state index in [1.54, 1.807) is 6.92 Å². The molecule has 1 rings (SSSR count). The van der Waals surface area contributed by atoms with E-state index in [2.05, 4.69) is 29.8 Å². The van der Waals surface area contributed by atoms with Crippen LogP contribution in [-0.2, 0) is 19.2 Å². The minimum absolute atomic E-state index is 0.0175. The maximum Gasteiger partial charge on any atom is 0.239 e. The molecule has 0 bridgehead atoms. The molecule has 0 spiro atoms. The van der Waals surface area contributed by atoms with Gasteiger partial charge in [0.25, 0.3) is 0 Å². The van der Waals surface area contributed by atoms with Crippen molar-refractivity contribution in [2.24, 2.45) is 5.92 Å². The zero-order valence-electron chi connectivity index (χ0n) is 20.0. The summed E-state index contributed by atoms with van der Waals surface area (Å²) in [6.45, 7) is 11.2. The Hall–Kier alpha value is -1.96. The Labute approximate surface area is 187 Å². The van der Waals surface area contributed by atoms with Gasteiger partial charge in [-0.25, -0.2) is 0 Å². The summed E-state index contributed by atoms with van der Waals surface area (Å²) in [5.41, 5.74) is 0. The van der Waals surface area contributed by atoms with E-state index in [4.69, 9.17) is 0 Å². The van der Waals surface area contributed by atoms with Crippen LogP contribution in [0.25, 0.3) is 0 Å². The summed E-state index contributed by atoms with van der Waals surface area (Å²) < 4.78 is 0. The van der Waals surface area contributed by atoms with Gasteiger partial charge in [0.2, 0.25) is 17.7 Å². The Morgan fingerprint density at radius 1 is 1.06 bits per heavy atom. The van der Waals surface area contributed by atoms with Crippen LogP contribution in [0.5, 0.6) is 0 Å². The third kappa shape index (κ3) is 10.8. The van der Waals surface area contributed by atoms with Gasteiger partial charge in [0.15, 0.2) is 5.78 Å². The maximum atomic E-state index is 12.5. The number of likely N-dealkylation sites (tertiary alicyclic amines) is 1. The third-order valence-corrected chi connectivity index (χ3v) is 5.40. The number of nitrogens with zero attached hydrogens (tertiary/aromatic N) is 1. The van der Waals surface area contributed by atoms with Crippen LogP contribution >= 0.6 is 0 Å². The fourth-order valence-corrected chi connectivity index (χ4v) is 3.81. The lowest BCUT2D eigenvalue weighted by molar-refractivity contribution is -0.130. The van der Waals surface area contributed by atoms with Crippen LogP contribution in [0.4, 0.5) is 0 Å². The first-order chi connectivity index (χ1) is 14.6. The SMILES string of the molecule is CCC(=O)[C@H](CCCCN1CCCC1=O)NC(=O)CNC(=O)[C@H](CC(C)C)NC(C)C. The molecule has 178 valence electrons. The smallest absolute Gasteiger partial charge is 0.239 e. The van der Waals surface area contributed by atoms with Gasteiger partial charge in [-0.2, -0.15) is 0 Å². The van der Waals surface area contributed by atoms with Gasteiger partial charge in [0, 0.05) is 32.0 Å². The van der Waals surface area contributed by atoms with Crippen molar-refractivity contribution in [1.29, 1.82) is 0 Å². The molecule has 3 amide bonds. The quantitative estimate of drug-likeness (QED) is 0.338. The molecule has 0 saturated carbocycles. The van der Waals surface area contributed by atoms with Gasteiger partial charge < -0.3 is 20.9 Å². The van der Waals surface area contributed by atoms with Crippen molar-refractivity contribution in [3.63, 3.8) is 0 Å². The number of nitrogens with one attached hydrogen (secondary N) is 3. The summed E-state index contributed by atoms with van der Waals surface area (Å²) in [6.07, 6.45) is 4.68. The van der Waals surface area contributed by atoms with Crippen molar-refractivity contribution in [1.82, 2.24) is 20.9 Å². The van der Waals surface area contributed by atoms with Crippen LogP contribution in [0.2, 0.25) is 0 Å². The van der Waals surface area contributed by atoms with E-state index in [-0.39, 0.29) is 42.1 Å². The molecule has 1 saturated heterocycles. The van der Waals surface area contributed by atoms with E-state index < -0.39 is 6.04 Å². The highest BCUT2D eigenvalue weighted by atomic mass is 16.2. The van der Waals surface area contributed by atoms with Gasteiger partial charge in [0.1, 0.15) is 0 Å². The van der Waals surface area contributed by atoms with E-state index in [0.29, 0.717) is 38.1 Å². The molecule has 0 aromatic heterocycles. The number of Topliss-reactive ketones (excluding diaryl/α,β-unsaturated/α-hetero) is 1. The summed E-state index contributed by atoms with van der Waals surface area (Å²) in [7, 11) is 0. The van der Waals surface area contributed by atoms with E-state index >= 15 is 0 Å². The molecule has 1 heterocycles. The average Bonchev–Trinajstić information content (AvgIpc) is 3.11. The minimum Gasteiger partial charge on any atom is -0.346 e. The minimum atomic E-state index is -0.552. The van der Waals surface area contributed by atoms with Crippen LogP contribution in [-0.4, -0.2) is 66.2 Å². The second-order valence-electron chi connectivity index (χ2n) is 9.14. The van der Waals surface area contributed by atoms with Gasteiger partial charge in [-0.1, -0.05) is 34.6 Å². The van der Waals surface area contributed by atoms with Crippen LogP contribution in [0.1, 0.15) is 79.6 Å². The fraction of sp³-hybridized carbons (Fsp3) is 0.826. The predicted molar refractivity (Wildman–Crippen MR) is 121 cm³/mol. The number of hydrogen-bond donors (Lipinski definition) is 3. The van der Waals surface area contributed by atoms with Crippen LogP contribution < -0.4 is 16.0 Å². The van der Waals surface area contributed by atoms with Crippen molar-refractivity contribution in [3.05, 3.63) is 0 Å². The Morgan fingerprint density at radius 3 is 2.32 bits per heavy atom. The Morgan fingerprint density at radius 2 is 1.77 bits per heavy atom. The molecule has 0 radical (unpaired) electrons. The molecule has 3 N–H and O–H groups in total. The molecule has 0 aliphatic carbocycles. The highest BCUT2D eigenvalue weighted by Gasteiger charge is 2.23. The number of unbranched alkanes of at least 4 members (excludes halogenated alkanes) is 1. The van der Waals surface area contributed by atoms with Gasteiger partial charge in [0.05, 0.1) is 18.6 Å². The molecular weight excluding hydrogens is 396 g/mol. The van der Waals surface area contributed by atoms with Crippen molar-refractivity contribution in [3.8, 4) is 0 Å². The van der Waals surface area contributed by atoms with E-state index in [0.717, 1.165) is 25.8 Å². The molecule has 1 aliphatic heterocycles. The van der Waals surface area contributed by atoms with Crippen molar-refractivity contribution >= 4 is 23.5 Å². The number of rotatable bonds is 15. The van der Waals surface area contributed by atoms with Gasteiger partial charge >= 0.3 is 0 Å². The molecular formula is C23H42N4O4. The summed E-state index contributed by atoms with van der Waals surface area (Å²) in [5.74, 6) is -0.0313. The van der Waals surface area contributed by atoms with Crippen molar-refractivity contribution in [2.75, 3.05) is 19.6 Å². The summed E-state index contributed by atoms with van der Waals surface area (Å²) >= 11 is 0. The van der Waals surface area contributed by atoms with Gasteiger partial charge in [-0.15, -0.1) is 0 Å². The maximum absolute atomic E-state index is 12.5. The lowest BCUT2D eigenvalue weighted by atomic mass is 10.0. The molecule has 0 aromatic rings. The van der Waals surface area contributed by atoms with E-state index in [9.17, 15) is 19.2 Å². The largest absolute Gasteiger partial charge is 0.346 e. The topological polar surface area (TPSA) is 108 Å².